The Morgan fingerprint density at radius 1 is 0.867 bits per heavy atom. The number of thioether (sulfide) groups is 1. The van der Waals surface area contributed by atoms with E-state index in [0.717, 1.165) is 28.7 Å². The van der Waals surface area contributed by atoms with Crippen molar-refractivity contribution in [3.05, 3.63) is 105 Å². The fourth-order valence-electron chi connectivity index (χ4n) is 3.21. The molecular formula is C24H21Cl2N3S. The van der Waals surface area contributed by atoms with Crippen LogP contribution in [0.5, 0.6) is 0 Å². The maximum absolute atomic E-state index is 6.36. The molecule has 0 N–H and O–H groups in total. The number of hydrogen-bond donors (Lipinski definition) is 0. The minimum absolute atomic E-state index is 0.637. The van der Waals surface area contributed by atoms with E-state index in [-0.39, 0.29) is 0 Å². The Hall–Kier alpha value is -2.27. The summed E-state index contributed by atoms with van der Waals surface area (Å²) in [6.07, 6.45) is 1.72. The van der Waals surface area contributed by atoms with Gasteiger partial charge in [0.1, 0.15) is 5.82 Å². The normalized spacial score (nSPS) is 11.0. The molecule has 6 heteroatoms. The first-order valence-electron chi connectivity index (χ1n) is 9.78. The minimum Gasteiger partial charge on any atom is -0.274 e. The summed E-state index contributed by atoms with van der Waals surface area (Å²) < 4.78 is 2.14. The van der Waals surface area contributed by atoms with Gasteiger partial charge in [0, 0.05) is 27.9 Å². The smallest absolute Gasteiger partial charge is 0.196 e. The molecule has 3 aromatic carbocycles. The van der Waals surface area contributed by atoms with Crippen molar-refractivity contribution in [1.82, 2.24) is 14.8 Å². The third-order valence-electron chi connectivity index (χ3n) is 4.88. The molecule has 4 rings (SSSR count). The highest BCUT2D eigenvalue weighted by Gasteiger charge is 2.16. The molecule has 0 radical (unpaired) electrons. The second-order valence-electron chi connectivity index (χ2n) is 6.94. The maximum Gasteiger partial charge on any atom is 0.196 e. The Bertz CT molecular complexity index is 1130. The molecule has 0 aliphatic rings. The van der Waals surface area contributed by atoms with Crippen LogP contribution in [0, 0.1) is 0 Å². The van der Waals surface area contributed by atoms with E-state index < -0.39 is 0 Å². The zero-order valence-electron chi connectivity index (χ0n) is 16.6. The van der Waals surface area contributed by atoms with Crippen molar-refractivity contribution in [1.29, 1.82) is 0 Å². The second kappa shape index (κ2) is 9.69. The Kier molecular flexibility index (Phi) is 6.78. The van der Waals surface area contributed by atoms with Gasteiger partial charge in [-0.3, -0.25) is 4.57 Å². The van der Waals surface area contributed by atoms with Gasteiger partial charge in [-0.1, -0.05) is 90.4 Å². The fraction of sp³-hybridized carbons (Fsp3) is 0.167. The van der Waals surface area contributed by atoms with E-state index in [1.807, 2.05) is 30.3 Å². The minimum atomic E-state index is 0.637. The lowest BCUT2D eigenvalue weighted by Crippen LogP contribution is -2.04. The van der Waals surface area contributed by atoms with E-state index >= 15 is 0 Å². The van der Waals surface area contributed by atoms with Gasteiger partial charge >= 0.3 is 0 Å². The van der Waals surface area contributed by atoms with Crippen LogP contribution in [-0.2, 0) is 18.6 Å². The summed E-state index contributed by atoms with van der Waals surface area (Å²) in [6, 6.07) is 24.5. The molecule has 0 spiro atoms. The van der Waals surface area contributed by atoms with E-state index in [2.05, 4.69) is 58.1 Å². The maximum atomic E-state index is 6.36. The molecule has 4 aromatic rings. The van der Waals surface area contributed by atoms with E-state index in [1.54, 1.807) is 17.8 Å². The second-order valence-corrected chi connectivity index (χ2v) is 8.73. The van der Waals surface area contributed by atoms with Crippen molar-refractivity contribution < 1.29 is 0 Å². The highest BCUT2D eigenvalue weighted by atomic mass is 35.5. The van der Waals surface area contributed by atoms with Crippen LogP contribution >= 0.6 is 35.0 Å². The van der Waals surface area contributed by atoms with Crippen LogP contribution in [0.25, 0.3) is 5.69 Å². The van der Waals surface area contributed by atoms with Crippen LogP contribution in [0.4, 0.5) is 0 Å². The molecule has 0 saturated carbocycles. The molecule has 0 unspecified atom stereocenters. The van der Waals surface area contributed by atoms with Crippen molar-refractivity contribution >= 4 is 35.0 Å². The highest BCUT2D eigenvalue weighted by Crippen LogP contribution is 2.30. The van der Waals surface area contributed by atoms with Crippen molar-refractivity contribution in [3.8, 4) is 5.69 Å². The number of aryl methyl sites for hydroxylation is 1. The van der Waals surface area contributed by atoms with Gasteiger partial charge in [0.25, 0.3) is 0 Å². The van der Waals surface area contributed by atoms with Gasteiger partial charge in [-0.25, -0.2) is 0 Å². The molecule has 0 bridgehead atoms. The van der Waals surface area contributed by atoms with Crippen molar-refractivity contribution in [2.24, 2.45) is 0 Å². The number of rotatable bonds is 7. The molecule has 0 amide bonds. The average Bonchev–Trinajstić information content (AvgIpc) is 3.16. The molecular weight excluding hydrogens is 433 g/mol. The van der Waals surface area contributed by atoms with E-state index in [9.17, 15) is 0 Å². The molecule has 1 heterocycles. The molecule has 30 heavy (non-hydrogen) atoms. The van der Waals surface area contributed by atoms with Crippen molar-refractivity contribution in [2.45, 2.75) is 30.7 Å². The Balaban J connectivity index is 1.66. The molecule has 0 aliphatic heterocycles. The summed E-state index contributed by atoms with van der Waals surface area (Å²) in [5.74, 6) is 1.60. The van der Waals surface area contributed by atoms with Gasteiger partial charge in [0.2, 0.25) is 0 Å². The quantitative estimate of drug-likeness (QED) is 0.281. The summed E-state index contributed by atoms with van der Waals surface area (Å²) in [5, 5.41) is 11.2. The zero-order chi connectivity index (χ0) is 20.9. The van der Waals surface area contributed by atoms with E-state index in [4.69, 9.17) is 23.2 Å². The summed E-state index contributed by atoms with van der Waals surface area (Å²) >= 11 is 14.0. The van der Waals surface area contributed by atoms with Gasteiger partial charge in [-0.2, -0.15) is 0 Å². The molecule has 0 fully saturated rings. The van der Waals surface area contributed by atoms with Crippen LogP contribution in [0.15, 0.2) is 78.0 Å². The molecule has 0 saturated heterocycles. The van der Waals surface area contributed by atoms with Gasteiger partial charge in [-0.15, -0.1) is 10.2 Å². The third kappa shape index (κ3) is 4.89. The number of nitrogens with zero attached hydrogens (tertiary/aromatic N) is 3. The zero-order valence-corrected chi connectivity index (χ0v) is 18.9. The van der Waals surface area contributed by atoms with Crippen molar-refractivity contribution in [2.75, 3.05) is 0 Å². The largest absolute Gasteiger partial charge is 0.274 e. The summed E-state index contributed by atoms with van der Waals surface area (Å²) in [5.41, 5.74) is 4.59. The van der Waals surface area contributed by atoms with Gasteiger partial charge in [0.05, 0.1) is 0 Å². The number of benzene rings is 3. The summed E-state index contributed by atoms with van der Waals surface area (Å²) in [6.45, 7) is 2.16. The third-order valence-corrected chi connectivity index (χ3v) is 6.44. The lowest BCUT2D eigenvalue weighted by Gasteiger charge is -2.11. The first-order chi connectivity index (χ1) is 14.6. The number of hydrogen-bond acceptors (Lipinski definition) is 3. The molecule has 152 valence electrons. The number of halogens is 2. The lowest BCUT2D eigenvalue weighted by atomic mass is 10.1. The Morgan fingerprint density at radius 2 is 1.63 bits per heavy atom. The van der Waals surface area contributed by atoms with E-state index in [1.165, 1.54) is 11.1 Å². The van der Waals surface area contributed by atoms with Gasteiger partial charge in [-0.05, 0) is 47.4 Å². The topological polar surface area (TPSA) is 30.7 Å². The SMILES string of the molecule is CCc1ccc(-n2c(Cc3ccccc3)nnc2SCc2ccc(Cl)cc2Cl)cc1. The van der Waals surface area contributed by atoms with Crippen molar-refractivity contribution in [3.63, 3.8) is 0 Å². The first kappa shape index (κ1) is 21.0. The number of aromatic nitrogens is 3. The lowest BCUT2D eigenvalue weighted by molar-refractivity contribution is 0.846. The first-order valence-corrected chi connectivity index (χ1v) is 11.5. The van der Waals surface area contributed by atoms with Crippen LogP contribution in [0.2, 0.25) is 10.0 Å². The average molecular weight is 454 g/mol. The molecule has 1 aromatic heterocycles. The Labute approximate surface area is 191 Å². The molecule has 0 aliphatic carbocycles. The van der Waals surface area contributed by atoms with E-state index in [0.29, 0.717) is 22.2 Å². The Morgan fingerprint density at radius 3 is 2.33 bits per heavy atom. The predicted octanol–water partition coefficient (Wildman–Crippen LogP) is 7.02. The van der Waals surface area contributed by atoms with Crippen LogP contribution in [0.1, 0.15) is 29.4 Å². The summed E-state index contributed by atoms with van der Waals surface area (Å²) in [4.78, 5) is 0. The van der Waals surface area contributed by atoms with Gasteiger partial charge in [0.15, 0.2) is 5.16 Å². The monoisotopic (exact) mass is 453 g/mol. The molecule has 0 atom stereocenters. The highest BCUT2D eigenvalue weighted by molar-refractivity contribution is 7.98. The van der Waals surface area contributed by atoms with Crippen LogP contribution in [-0.4, -0.2) is 14.8 Å². The standard InChI is InChI=1S/C24H21Cl2N3S/c1-2-17-8-12-21(13-9-17)29-23(14-18-6-4-3-5-7-18)27-28-24(29)30-16-19-10-11-20(25)15-22(19)26/h3-13,15H,2,14,16H2,1H3. The van der Waals surface area contributed by atoms with Crippen LogP contribution < -0.4 is 0 Å². The summed E-state index contributed by atoms with van der Waals surface area (Å²) in [7, 11) is 0. The predicted molar refractivity (Wildman–Crippen MR) is 126 cm³/mol. The molecule has 3 nitrogen and oxygen atoms in total. The fourth-order valence-corrected chi connectivity index (χ4v) is 4.74. The van der Waals surface area contributed by atoms with Gasteiger partial charge < -0.3 is 0 Å². The van der Waals surface area contributed by atoms with Crippen LogP contribution in [0.3, 0.4) is 0 Å².